The number of aromatic amines is 1. The summed E-state index contributed by atoms with van der Waals surface area (Å²) in [5.41, 5.74) is 2.82. The number of halogens is 1. The molecule has 12 heteroatoms. The summed E-state index contributed by atoms with van der Waals surface area (Å²) < 4.78 is 16.4. The van der Waals surface area contributed by atoms with Crippen molar-refractivity contribution >= 4 is 39.7 Å². The van der Waals surface area contributed by atoms with Crippen molar-refractivity contribution in [3.8, 4) is 22.6 Å². The summed E-state index contributed by atoms with van der Waals surface area (Å²) in [6.07, 6.45) is -1.00. The molecule has 2 aromatic rings. The zero-order valence-corrected chi connectivity index (χ0v) is 18.9. The average Bonchev–Trinajstić information content (AvgIpc) is 2.69. The first-order valence-electron chi connectivity index (χ1n) is 9.35. The van der Waals surface area contributed by atoms with Gasteiger partial charge in [0.15, 0.2) is 17.6 Å². The van der Waals surface area contributed by atoms with E-state index >= 15 is 0 Å². The van der Waals surface area contributed by atoms with Crippen molar-refractivity contribution in [1.29, 1.82) is 0 Å². The molecule has 0 saturated heterocycles. The molecule has 2 rings (SSSR count). The number of carboxylic acid groups (broad SMARTS) is 2. The second-order valence-electron chi connectivity index (χ2n) is 6.33. The number of nitrogens with one attached hydrogen (secondary N) is 1. The zero-order valence-electron chi connectivity index (χ0n) is 17.4. The molecule has 1 unspecified atom stereocenters. The van der Waals surface area contributed by atoms with E-state index in [0.717, 1.165) is 0 Å². The maximum atomic E-state index is 12.3. The van der Waals surface area contributed by atoms with Gasteiger partial charge in [-0.1, -0.05) is 0 Å². The normalized spacial score (nSPS) is 11.5. The molecule has 0 aliphatic rings. The van der Waals surface area contributed by atoms with Crippen molar-refractivity contribution in [3.05, 3.63) is 38.1 Å². The van der Waals surface area contributed by atoms with E-state index in [4.69, 9.17) is 19.9 Å². The fraction of sp³-hybridized carbons (Fsp3) is 0.300. The molecule has 11 nitrogen and oxygen atoms in total. The van der Waals surface area contributed by atoms with E-state index in [1.165, 1.54) is 19.1 Å². The second kappa shape index (κ2) is 10.2. The minimum Gasteiger partial charge on any atom is -0.490 e. The number of H-pyrrole nitrogens is 1. The maximum Gasteiger partial charge on any atom is 0.347 e. The van der Waals surface area contributed by atoms with Gasteiger partial charge in [0.1, 0.15) is 16.9 Å². The van der Waals surface area contributed by atoms with Gasteiger partial charge in [0.2, 0.25) is 0 Å². The van der Waals surface area contributed by atoms with E-state index in [9.17, 15) is 29.4 Å². The highest BCUT2D eigenvalue weighted by Crippen LogP contribution is 2.42. The highest BCUT2D eigenvalue weighted by Gasteiger charge is 2.28. The predicted molar refractivity (Wildman–Crippen MR) is 116 cm³/mol. The second-order valence-corrected chi connectivity index (χ2v) is 7.19. The maximum absolute atomic E-state index is 12.3. The number of carboxylic acids is 2. The molecule has 1 atom stereocenters. The number of pyridine rings is 1. The number of rotatable bonds is 9. The van der Waals surface area contributed by atoms with Crippen molar-refractivity contribution in [1.82, 2.24) is 4.98 Å². The third-order valence-electron chi connectivity index (χ3n) is 4.18. The van der Waals surface area contributed by atoms with E-state index < -0.39 is 52.1 Å². The fourth-order valence-electron chi connectivity index (χ4n) is 2.91. The number of hydrogen-bond acceptors (Lipinski definition) is 8. The third kappa shape index (κ3) is 5.02. The van der Waals surface area contributed by atoms with E-state index in [1.807, 2.05) is 4.98 Å². The number of aromatic nitrogens is 1. The van der Waals surface area contributed by atoms with Gasteiger partial charge in [-0.25, -0.2) is 14.4 Å². The predicted octanol–water partition coefficient (Wildman–Crippen LogP) is 2.51. The van der Waals surface area contributed by atoms with Crippen LogP contribution in [0, 0.1) is 0 Å². The molecule has 32 heavy (non-hydrogen) atoms. The average molecular weight is 513 g/mol. The quantitative estimate of drug-likeness (QED) is 0.364. The number of nitrogens with two attached hydrogens (primary N) is 1. The van der Waals surface area contributed by atoms with Crippen molar-refractivity contribution in [2.45, 2.75) is 26.9 Å². The smallest absolute Gasteiger partial charge is 0.347 e. The fourth-order valence-corrected chi connectivity index (χ4v) is 3.44. The highest BCUT2D eigenvalue weighted by molar-refractivity contribution is 9.10. The van der Waals surface area contributed by atoms with Crippen molar-refractivity contribution in [3.63, 3.8) is 0 Å². The Bertz CT molecular complexity index is 1130. The number of anilines is 1. The molecule has 0 aliphatic carbocycles. The van der Waals surface area contributed by atoms with Crippen molar-refractivity contribution < 1.29 is 38.8 Å². The summed E-state index contributed by atoms with van der Waals surface area (Å²) in [5, 5.41) is 19.2. The molecular formula is C20H21BrN2O9. The number of hydrogen-bond donors (Lipinski definition) is 4. The van der Waals surface area contributed by atoms with E-state index in [1.54, 1.807) is 13.8 Å². The van der Waals surface area contributed by atoms with Gasteiger partial charge in [0.05, 0.1) is 17.7 Å². The molecule has 0 spiro atoms. The Labute approximate surface area is 190 Å². The summed E-state index contributed by atoms with van der Waals surface area (Å²) in [6, 6.07) is 2.64. The topological polar surface area (TPSA) is 178 Å². The van der Waals surface area contributed by atoms with Crippen molar-refractivity contribution in [2.24, 2.45) is 0 Å². The monoisotopic (exact) mass is 512 g/mol. The summed E-state index contributed by atoms with van der Waals surface area (Å²) in [7, 11) is 0. The Balaban J connectivity index is 2.79. The lowest BCUT2D eigenvalue weighted by atomic mass is 9.95. The van der Waals surface area contributed by atoms with Crippen LogP contribution >= 0.6 is 15.9 Å². The van der Waals surface area contributed by atoms with Crippen LogP contribution in [0.4, 0.5) is 5.82 Å². The lowest BCUT2D eigenvalue weighted by Gasteiger charge is -2.20. The summed E-state index contributed by atoms with van der Waals surface area (Å²) in [5.74, 6) is -4.14. The first-order valence-corrected chi connectivity index (χ1v) is 10.1. The van der Waals surface area contributed by atoms with E-state index in [2.05, 4.69) is 15.9 Å². The Hall–Kier alpha value is -3.54. The van der Waals surface area contributed by atoms with Crippen LogP contribution in [0.25, 0.3) is 11.1 Å². The minimum atomic E-state index is -1.64. The molecule has 5 N–H and O–H groups in total. The van der Waals surface area contributed by atoms with Gasteiger partial charge in [0, 0.05) is 5.56 Å². The van der Waals surface area contributed by atoms with Crippen LogP contribution in [-0.4, -0.2) is 52.4 Å². The van der Waals surface area contributed by atoms with Crippen LogP contribution in [0.15, 0.2) is 21.4 Å². The van der Waals surface area contributed by atoms with Crippen LogP contribution in [0.2, 0.25) is 0 Å². The number of nitrogen functional groups attached to an aromatic ring is 1. The Morgan fingerprint density at radius 3 is 2.28 bits per heavy atom. The van der Waals surface area contributed by atoms with Gasteiger partial charge >= 0.3 is 17.9 Å². The number of aromatic carboxylic acids is 2. The number of ether oxygens (including phenoxy) is 3. The highest BCUT2D eigenvalue weighted by atomic mass is 79.9. The molecule has 0 saturated carbocycles. The Morgan fingerprint density at radius 2 is 1.75 bits per heavy atom. The minimum absolute atomic E-state index is 0.0177. The third-order valence-corrected chi connectivity index (χ3v) is 4.77. The van der Waals surface area contributed by atoms with E-state index in [0.29, 0.717) is 0 Å². The Morgan fingerprint density at radius 1 is 1.12 bits per heavy atom. The zero-order chi connectivity index (χ0) is 24.2. The number of esters is 1. The van der Waals surface area contributed by atoms with Gasteiger partial charge in [-0.05, 0) is 54.4 Å². The lowest BCUT2D eigenvalue weighted by Crippen LogP contribution is -2.26. The van der Waals surface area contributed by atoms with Crippen LogP contribution in [0.3, 0.4) is 0 Å². The molecule has 0 radical (unpaired) electrons. The van der Waals surface area contributed by atoms with Crippen molar-refractivity contribution in [2.75, 3.05) is 18.9 Å². The first-order chi connectivity index (χ1) is 15.0. The molecule has 1 aromatic carbocycles. The molecule has 0 amide bonds. The van der Waals surface area contributed by atoms with Crippen LogP contribution in [0.1, 0.15) is 41.5 Å². The molecule has 0 fully saturated rings. The van der Waals surface area contributed by atoms with E-state index in [-0.39, 0.29) is 34.7 Å². The van der Waals surface area contributed by atoms with Crippen LogP contribution in [-0.2, 0) is 9.53 Å². The van der Waals surface area contributed by atoms with Gasteiger partial charge < -0.3 is 35.1 Å². The van der Waals surface area contributed by atoms with Gasteiger partial charge in [0.25, 0.3) is 5.56 Å². The number of benzene rings is 1. The summed E-state index contributed by atoms with van der Waals surface area (Å²) in [4.78, 5) is 49.9. The molecule has 0 bridgehead atoms. The lowest BCUT2D eigenvalue weighted by molar-refractivity contribution is -0.150. The molecule has 172 valence electrons. The largest absolute Gasteiger partial charge is 0.490 e. The standard InChI is InChI=1S/C20H21BrN2O9/c1-4-30-11-7-9(6-10(21)15(11)32-8(3)20(29)31-5-2)12-13(18(25)26)16(22)23-17(24)14(12)19(27)28/h6-8H,4-5H2,1-3H3,(H,25,26)(H,27,28)(H3,22,23,24). The summed E-state index contributed by atoms with van der Waals surface area (Å²) >= 11 is 3.27. The van der Waals surface area contributed by atoms with Crippen LogP contribution in [0.5, 0.6) is 11.5 Å². The van der Waals surface area contributed by atoms with Gasteiger partial charge in [-0.2, -0.15) is 0 Å². The molecule has 1 heterocycles. The Kier molecular flexibility index (Phi) is 7.87. The summed E-state index contributed by atoms with van der Waals surface area (Å²) in [6.45, 7) is 5.11. The SMILES string of the molecule is CCOC(=O)C(C)Oc1c(Br)cc(-c2c(C(=O)O)c(N)[nH]c(=O)c2C(=O)O)cc1OCC. The molecule has 0 aliphatic heterocycles. The number of carbonyl (C=O) groups is 3. The van der Waals surface area contributed by atoms with Gasteiger partial charge in [-0.15, -0.1) is 0 Å². The van der Waals surface area contributed by atoms with Crippen LogP contribution < -0.4 is 20.8 Å². The van der Waals surface area contributed by atoms with Gasteiger partial charge in [-0.3, -0.25) is 4.79 Å². The molecular weight excluding hydrogens is 492 g/mol. The molecule has 1 aromatic heterocycles. The number of carbonyl (C=O) groups excluding carboxylic acids is 1. The first kappa shape index (κ1) is 24.7.